The summed E-state index contributed by atoms with van der Waals surface area (Å²) in [5.41, 5.74) is 7.80. The van der Waals surface area contributed by atoms with Crippen LogP contribution in [0.5, 0.6) is 0 Å². The van der Waals surface area contributed by atoms with Gasteiger partial charge in [0, 0.05) is 17.8 Å². The van der Waals surface area contributed by atoms with Gasteiger partial charge in [0.1, 0.15) is 0 Å². The van der Waals surface area contributed by atoms with Crippen molar-refractivity contribution in [3.63, 3.8) is 0 Å². The van der Waals surface area contributed by atoms with Gasteiger partial charge in [-0.05, 0) is 36.4 Å². The van der Waals surface area contributed by atoms with Crippen LogP contribution >= 0.6 is 0 Å². The highest BCUT2D eigenvalue weighted by Crippen LogP contribution is 2.29. The number of benzene rings is 2. The second kappa shape index (κ2) is 5.64. The normalized spacial score (nSPS) is 12.5. The van der Waals surface area contributed by atoms with Crippen molar-refractivity contribution in [2.24, 2.45) is 5.84 Å². The minimum Gasteiger partial charge on any atom is -0.271 e. The van der Waals surface area contributed by atoms with E-state index in [4.69, 9.17) is 5.84 Å². The summed E-state index contributed by atoms with van der Waals surface area (Å²) < 4.78 is 0. The highest BCUT2D eigenvalue weighted by molar-refractivity contribution is 5.85. The highest BCUT2D eigenvalue weighted by atomic mass is 15.2. The number of fused-ring (bicyclic) bond motifs is 1. The van der Waals surface area contributed by atoms with Crippen LogP contribution in [0.3, 0.4) is 0 Å². The summed E-state index contributed by atoms with van der Waals surface area (Å²) in [6.07, 6.45) is 3.70. The summed E-state index contributed by atoms with van der Waals surface area (Å²) in [7, 11) is 0. The van der Waals surface area contributed by atoms with Crippen LogP contribution in [0.15, 0.2) is 54.9 Å². The zero-order valence-corrected chi connectivity index (χ0v) is 12.3. The van der Waals surface area contributed by atoms with Gasteiger partial charge >= 0.3 is 0 Å². The van der Waals surface area contributed by atoms with Gasteiger partial charge in [0.25, 0.3) is 0 Å². The van der Waals surface area contributed by atoms with Gasteiger partial charge in [-0.1, -0.05) is 47.5 Å². The van der Waals surface area contributed by atoms with Gasteiger partial charge in [0.2, 0.25) is 0 Å². The Labute approximate surface area is 124 Å². The molecule has 3 N–H and O–H groups in total. The van der Waals surface area contributed by atoms with Crippen molar-refractivity contribution < 1.29 is 0 Å². The van der Waals surface area contributed by atoms with Crippen LogP contribution in [0.1, 0.15) is 28.3 Å². The Morgan fingerprint density at radius 2 is 1.81 bits per heavy atom. The second-order valence-electron chi connectivity index (χ2n) is 5.46. The Hall–Kier alpha value is -2.23. The molecule has 0 aliphatic carbocycles. The Balaban J connectivity index is 2.18. The molecular weight excluding hydrogens is 258 g/mol. The van der Waals surface area contributed by atoms with E-state index in [-0.39, 0.29) is 6.04 Å². The van der Waals surface area contributed by atoms with E-state index >= 15 is 0 Å². The number of rotatable bonds is 3. The molecule has 0 aliphatic heterocycles. The molecule has 21 heavy (non-hydrogen) atoms. The molecule has 1 aromatic heterocycles. The number of hydrazine groups is 1. The summed E-state index contributed by atoms with van der Waals surface area (Å²) in [6, 6.07) is 14.8. The first-order valence-electron chi connectivity index (χ1n) is 7.06. The smallest absolute Gasteiger partial charge is 0.0716 e. The van der Waals surface area contributed by atoms with Gasteiger partial charge < -0.3 is 0 Å². The van der Waals surface area contributed by atoms with Crippen molar-refractivity contribution in [2.45, 2.75) is 19.9 Å². The third kappa shape index (κ3) is 2.66. The van der Waals surface area contributed by atoms with Crippen LogP contribution in [0.4, 0.5) is 0 Å². The molecule has 0 saturated heterocycles. The molecule has 3 rings (SSSR count). The number of nitrogens with zero attached hydrogens (tertiary/aromatic N) is 1. The molecule has 0 spiro atoms. The predicted octanol–water partition coefficient (Wildman–Crippen LogP) is 3.40. The maximum atomic E-state index is 5.86. The van der Waals surface area contributed by atoms with Gasteiger partial charge in [0.15, 0.2) is 0 Å². The van der Waals surface area contributed by atoms with Crippen LogP contribution in [0, 0.1) is 13.8 Å². The molecule has 0 saturated carbocycles. The lowest BCUT2D eigenvalue weighted by atomic mass is 9.93. The molecule has 0 bridgehead atoms. The van der Waals surface area contributed by atoms with Crippen LogP contribution in [0.2, 0.25) is 0 Å². The molecule has 0 radical (unpaired) electrons. The van der Waals surface area contributed by atoms with Gasteiger partial charge in [-0.3, -0.25) is 10.8 Å². The molecule has 0 amide bonds. The van der Waals surface area contributed by atoms with Crippen LogP contribution in [-0.2, 0) is 0 Å². The predicted molar refractivity (Wildman–Crippen MR) is 86.8 cm³/mol. The first kappa shape index (κ1) is 13.7. The minimum absolute atomic E-state index is 0.0327. The Morgan fingerprint density at radius 1 is 1.05 bits per heavy atom. The standard InChI is InChI=1S/C18H19N3/c1-12-8-13(2)10-15(9-12)18(21-19)17-5-3-4-14-11-20-7-6-16(14)17/h3-11,18,21H,19H2,1-2H3. The first-order valence-corrected chi connectivity index (χ1v) is 7.06. The van der Waals surface area contributed by atoms with E-state index in [1.54, 1.807) is 0 Å². The summed E-state index contributed by atoms with van der Waals surface area (Å²) in [4.78, 5) is 4.19. The van der Waals surface area contributed by atoms with E-state index in [9.17, 15) is 0 Å². The fourth-order valence-electron chi connectivity index (χ4n) is 2.94. The Kier molecular flexibility index (Phi) is 3.69. The third-order valence-electron chi connectivity index (χ3n) is 3.77. The van der Waals surface area contributed by atoms with Crippen molar-refractivity contribution in [1.29, 1.82) is 0 Å². The fourth-order valence-corrected chi connectivity index (χ4v) is 2.94. The van der Waals surface area contributed by atoms with Crippen molar-refractivity contribution in [2.75, 3.05) is 0 Å². The molecule has 3 nitrogen and oxygen atoms in total. The molecule has 106 valence electrons. The Morgan fingerprint density at radius 3 is 2.52 bits per heavy atom. The minimum atomic E-state index is -0.0327. The molecule has 2 aromatic carbocycles. The zero-order chi connectivity index (χ0) is 14.8. The molecule has 0 aliphatic rings. The molecule has 3 heteroatoms. The monoisotopic (exact) mass is 277 g/mol. The van der Waals surface area contributed by atoms with Gasteiger partial charge in [0.05, 0.1) is 6.04 Å². The summed E-state index contributed by atoms with van der Waals surface area (Å²) in [6.45, 7) is 4.22. The second-order valence-corrected chi connectivity index (χ2v) is 5.46. The van der Waals surface area contributed by atoms with Gasteiger partial charge in [-0.2, -0.15) is 0 Å². The maximum absolute atomic E-state index is 5.86. The van der Waals surface area contributed by atoms with E-state index in [2.05, 4.69) is 54.6 Å². The van der Waals surface area contributed by atoms with E-state index < -0.39 is 0 Å². The van der Waals surface area contributed by atoms with Gasteiger partial charge in [-0.15, -0.1) is 0 Å². The van der Waals surface area contributed by atoms with E-state index in [0.717, 1.165) is 5.39 Å². The zero-order valence-electron chi connectivity index (χ0n) is 12.3. The summed E-state index contributed by atoms with van der Waals surface area (Å²) in [5.74, 6) is 5.86. The number of pyridine rings is 1. The van der Waals surface area contributed by atoms with Crippen molar-refractivity contribution in [3.8, 4) is 0 Å². The first-order chi connectivity index (χ1) is 10.2. The van der Waals surface area contributed by atoms with E-state index in [0.29, 0.717) is 0 Å². The number of aryl methyl sites for hydroxylation is 2. The largest absolute Gasteiger partial charge is 0.271 e. The summed E-state index contributed by atoms with van der Waals surface area (Å²) in [5, 5.41) is 2.30. The van der Waals surface area contributed by atoms with E-state index in [1.807, 2.05) is 24.5 Å². The Bertz CT molecular complexity index is 755. The molecule has 0 fully saturated rings. The molecule has 1 unspecified atom stereocenters. The lowest BCUT2D eigenvalue weighted by molar-refractivity contribution is 0.640. The fraction of sp³-hybridized carbons (Fsp3) is 0.167. The number of hydrogen-bond donors (Lipinski definition) is 2. The van der Waals surface area contributed by atoms with Gasteiger partial charge in [-0.25, -0.2) is 5.43 Å². The number of hydrogen-bond acceptors (Lipinski definition) is 3. The number of nitrogens with one attached hydrogen (secondary N) is 1. The highest BCUT2D eigenvalue weighted by Gasteiger charge is 2.15. The lowest BCUT2D eigenvalue weighted by Gasteiger charge is -2.20. The van der Waals surface area contributed by atoms with Crippen LogP contribution < -0.4 is 11.3 Å². The molecule has 1 heterocycles. The quantitative estimate of drug-likeness (QED) is 0.570. The topological polar surface area (TPSA) is 50.9 Å². The molecule has 1 atom stereocenters. The molecular formula is C18H19N3. The lowest BCUT2D eigenvalue weighted by Crippen LogP contribution is -2.29. The van der Waals surface area contributed by atoms with Crippen LogP contribution in [-0.4, -0.2) is 4.98 Å². The van der Waals surface area contributed by atoms with E-state index in [1.165, 1.54) is 27.6 Å². The number of aromatic nitrogens is 1. The van der Waals surface area contributed by atoms with Crippen molar-refractivity contribution in [1.82, 2.24) is 10.4 Å². The maximum Gasteiger partial charge on any atom is 0.0716 e. The summed E-state index contributed by atoms with van der Waals surface area (Å²) >= 11 is 0. The average Bonchev–Trinajstić information content (AvgIpc) is 2.47. The average molecular weight is 277 g/mol. The SMILES string of the molecule is Cc1cc(C)cc(C(NN)c2cccc3cnccc23)c1. The molecule has 3 aromatic rings. The number of nitrogens with two attached hydrogens (primary N) is 1. The van der Waals surface area contributed by atoms with Crippen molar-refractivity contribution in [3.05, 3.63) is 77.1 Å². The van der Waals surface area contributed by atoms with Crippen molar-refractivity contribution >= 4 is 10.8 Å². The third-order valence-corrected chi connectivity index (χ3v) is 3.77. The van der Waals surface area contributed by atoms with Crippen LogP contribution in [0.25, 0.3) is 10.8 Å².